The summed E-state index contributed by atoms with van der Waals surface area (Å²) < 4.78 is 25.0. The summed E-state index contributed by atoms with van der Waals surface area (Å²) in [5.74, 6) is 0.733. The van der Waals surface area contributed by atoms with Crippen molar-refractivity contribution in [1.29, 1.82) is 0 Å². The number of hydrogen-bond acceptors (Lipinski definition) is 2. The maximum atomic E-state index is 12.5. The van der Waals surface area contributed by atoms with E-state index in [1.54, 1.807) is 12.1 Å². The predicted octanol–water partition coefficient (Wildman–Crippen LogP) is 2.73. The minimum Gasteiger partial charge on any atom is -0.223 e. The van der Waals surface area contributed by atoms with Crippen molar-refractivity contribution in [3.8, 4) is 0 Å². The van der Waals surface area contributed by atoms with Crippen LogP contribution in [0.15, 0.2) is 41.3 Å². The fourth-order valence-electron chi connectivity index (χ4n) is 2.99. The minimum atomic E-state index is -3.14. The van der Waals surface area contributed by atoms with Crippen LogP contribution in [0.1, 0.15) is 18.4 Å². The molecule has 2 aliphatic rings. The Balaban J connectivity index is 1.96. The van der Waals surface area contributed by atoms with E-state index in [4.69, 9.17) is 0 Å². The topological polar surface area (TPSA) is 34.1 Å². The maximum Gasteiger partial charge on any atom is 0.181 e. The molecular weight excluding hydrogens is 232 g/mol. The van der Waals surface area contributed by atoms with Crippen LogP contribution < -0.4 is 0 Å². The molecule has 17 heavy (non-hydrogen) atoms. The lowest BCUT2D eigenvalue weighted by Crippen LogP contribution is -2.25. The average molecular weight is 248 g/mol. The van der Waals surface area contributed by atoms with Crippen molar-refractivity contribution < 1.29 is 8.42 Å². The van der Waals surface area contributed by atoms with E-state index in [-0.39, 0.29) is 11.2 Å². The van der Waals surface area contributed by atoms with Gasteiger partial charge >= 0.3 is 0 Å². The number of aryl methyl sites for hydroxylation is 1. The van der Waals surface area contributed by atoms with Crippen molar-refractivity contribution in [1.82, 2.24) is 0 Å². The molecular formula is C14H16O2S. The SMILES string of the molecule is Cc1ccc(S(=O)(=O)C2CC3C=CC2C3)cc1. The Labute approximate surface area is 102 Å². The lowest BCUT2D eigenvalue weighted by Gasteiger charge is -2.18. The molecule has 0 radical (unpaired) electrons. The van der Waals surface area contributed by atoms with E-state index in [0.717, 1.165) is 18.4 Å². The Kier molecular flexibility index (Phi) is 2.40. The van der Waals surface area contributed by atoms with E-state index in [1.807, 2.05) is 19.1 Å². The summed E-state index contributed by atoms with van der Waals surface area (Å²) in [4.78, 5) is 0.481. The zero-order valence-corrected chi connectivity index (χ0v) is 10.7. The molecule has 0 aliphatic heterocycles. The highest BCUT2D eigenvalue weighted by Gasteiger charge is 2.43. The molecule has 1 saturated carbocycles. The summed E-state index contributed by atoms with van der Waals surface area (Å²) in [5, 5.41) is -0.194. The molecule has 0 N–H and O–H groups in total. The molecule has 3 heteroatoms. The van der Waals surface area contributed by atoms with Crippen LogP contribution in [0.2, 0.25) is 0 Å². The Bertz CT molecular complexity index is 554. The number of benzene rings is 1. The van der Waals surface area contributed by atoms with Crippen LogP contribution in [-0.4, -0.2) is 13.7 Å². The van der Waals surface area contributed by atoms with Crippen molar-refractivity contribution in [2.75, 3.05) is 0 Å². The molecule has 0 amide bonds. The van der Waals surface area contributed by atoms with Crippen LogP contribution in [-0.2, 0) is 9.84 Å². The van der Waals surface area contributed by atoms with E-state index in [9.17, 15) is 8.42 Å². The van der Waals surface area contributed by atoms with Gasteiger partial charge in [-0.15, -0.1) is 0 Å². The number of allylic oxidation sites excluding steroid dienone is 2. The molecule has 3 atom stereocenters. The first-order valence-electron chi connectivity index (χ1n) is 6.06. The zero-order valence-electron chi connectivity index (χ0n) is 9.84. The minimum absolute atomic E-state index is 0.194. The summed E-state index contributed by atoms with van der Waals surface area (Å²) in [6, 6.07) is 7.21. The molecule has 0 saturated heterocycles. The van der Waals surface area contributed by atoms with Crippen LogP contribution in [0.25, 0.3) is 0 Å². The molecule has 3 unspecified atom stereocenters. The van der Waals surface area contributed by atoms with Crippen molar-refractivity contribution in [3.05, 3.63) is 42.0 Å². The van der Waals surface area contributed by atoms with Gasteiger partial charge in [0, 0.05) is 0 Å². The number of fused-ring (bicyclic) bond motifs is 2. The maximum absolute atomic E-state index is 12.5. The molecule has 1 fully saturated rings. The third-order valence-corrected chi connectivity index (χ3v) is 6.23. The Morgan fingerprint density at radius 1 is 1.06 bits per heavy atom. The highest BCUT2D eigenvalue weighted by molar-refractivity contribution is 7.92. The van der Waals surface area contributed by atoms with Crippen LogP contribution in [0.5, 0.6) is 0 Å². The second-order valence-corrected chi connectivity index (χ2v) is 7.34. The van der Waals surface area contributed by atoms with E-state index < -0.39 is 9.84 Å². The highest BCUT2D eigenvalue weighted by Crippen LogP contribution is 2.44. The Morgan fingerprint density at radius 3 is 2.29 bits per heavy atom. The van der Waals surface area contributed by atoms with Gasteiger partial charge in [0.1, 0.15) is 0 Å². The lowest BCUT2D eigenvalue weighted by molar-refractivity contribution is 0.561. The second-order valence-electron chi connectivity index (χ2n) is 5.18. The lowest BCUT2D eigenvalue weighted by atomic mass is 10.1. The average Bonchev–Trinajstić information content (AvgIpc) is 2.91. The summed E-state index contributed by atoms with van der Waals surface area (Å²) in [6.45, 7) is 1.97. The largest absolute Gasteiger partial charge is 0.223 e. The Morgan fingerprint density at radius 2 is 1.76 bits per heavy atom. The molecule has 0 spiro atoms. The van der Waals surface area contributed by atoms with Crippen molar-refractivity contribution >= 4 is 9.84 Å². The van der Waals surface area contributed by atoms with Crippen molar-refractivity contribution in [2.24, 2.45) is 11.8 Å². The highest BCUT2D eigenvalue weighted by atomic mass is 32.2. The van der Waals surface area contributed by atoms with Gasteiger partial charge in [0.15, 0.2) is 9.84 Å². The van der Waals surface area contributed by atoms with Gasteiger partial charge in [-0.3, -0.25) is 0 Å². The molecule has 1 aromatic rings. The second kappa shape index (κ2) is 3.70. The van der Waals surface area contributed by atoms with E-state index >= 15 is 0 Å². The van der Waals surface area contributed by atoms with Gasteiger partial charge in [0.05, 0.1) is 10.1 Å². The van der Waals surface area contributed by atoms with Gasteiger partial charge in [-0.05, 0) is 43.7 Å². The zero-order chi connectivity index (χ0) is 12.0. The standard InChI is InChI=1S/C14H16O2S/c1-10-2-6-13(7-3-10)17(15,16)14-9-11-4-5-12(14)8-11/h2-7,11-12,14H,8-9H2,1H3. The monoisotopic (exact) mass is 248 g/mol. The molecule has 2 bridgehead atoms. The quantitative estimate of drug-likeness (QED) is 0.754. The molecule has 2 aliphatic carbocycles. The molecule has 0 aromatic heterocycles. The fraction of sp³-hybridized carbons (Fsp3) is 0.429. The Hall–Kier alpha value is -1.09. The van der Waals surface area contributed by atoms with Crippen LogP contribution >= 0.6 is 0 Å². The summed E-state index contributed by atoms with van der Waals surface area (Å²) in [6.07, 6.45) is 6.09. The summed E-state index contributed by atoms with van der Waals surface area (Å²) >= 11 is 0. The predicted molar refractivity (Wildman–Crippen MR) is 67.5 cm³/mol. The van der Waals surface area contributed by atoms with Gasteiger partial charge < -0.3 is 0 Å². The van der Waals surface area contributed by atoms with Gasteiger partial charge in [-0.1, -0.05) is 29.8 Å². The first-order valence-corrected chi connectivity index (χ1v) is 7.61. The van der Waals surface area contributed by atoms with Crippen molar-refractivity contribution in [2.45, 2.75) is 29.9 Å². The van der Waals surface area contributed by atoms with Crippen LogP contribution in [0.3, 0.4) is 0 Å². The molecule has 3 rings (SSSR count). The van der Waals surface area contributed by atoms with E-state index in [0.29, 0.717) is 10.8 Å². The van der Waals surface area contributed by atoms with Gasteiger partial charge in [0.2, 0.25) is 0 Å². The first-order chi connectivity index (χ1) is 8.07. The molecule has 90 valence electrons. The fourth-order valence-corrected chi connectivity index (χ4v) is 5.02. The van der Waals surface area contributed by atoms with Crippen LogP contribution in [0.4, 0.5) is 0 Å². The third kappa shape index (κ3) is 1.73. The number of sulfone groups is 1. The smallest absolute Gasteiger partial charge is 0.181 e. The van der Waals surface area contributed by atoms with E-state index in [1.165, 1.54) is 0 Å². The van der Waals surface area contributed by atoms with Gasteiger partial charge in [-0.25, -0.2) is 8.42 Å². The van der Waals surface area contributed by atoms with E-state index in [2.05, 4.69) is 12.2 Å². The molecule has 1 aromatic carbocycles. The molecule has 0 heterocycles. The number of rotatable bonds is 2. The van der Waals surface area contributed by atoms with Gasteiger partial charge in [0.25, 0.3) is 0 Å². The first kappa shape index (κ1) is 11.0. The third-order valence-electron chi connectivity index (χ3n) is 3.97. The summed E-state index contributed by atoms with van der Waals surface area (Å²) in [5.41, 5.74) is 1.09. The number of hydrogen-bond donors (Lipinski definition) is 0. The molecule has 2 nitrogen and oxygen atoms in total. The summed E-state index contributed by atoms with van der Waals surface area (Å²) in [7, 11) is -3.14. The van der Waals surface area contributed by atoms with Crippen molar-refractivity contribution in [3.63, 3.8) is 0 Å². The van der Waals surface area contributed by atoms with Gasteiger partial charge in [-0.2, -0.15) is 0 Å². The normalized spacial score (nSPS) is 31.0. The van der Waals surface area contributed by atoms with Crippen LogP contribution in [0, 0.1) is 18.8 Å².